The van der Waals surface area contributed by atoms with Crippen LogP contribution in [0.3, 0.4) is 0 Å². The highest BCUT2D eigenvalue weighted by Gasteiger charge is 2.23. The van der Waals surface area contributed by atoms with E-state index in [0.29, 0.717) is 29.8 Å². The summed E-state index contributed by atoms with van der Waals surface area (Å²) < 4.78 is 34.3. The van der Waals surface area contributed by atoms with Gasteiger partial charge < -0.3 is 9.26 Å². The minimum absolute atomic E-state index is 0.0902. The molecule has 8 heteroatoms. The predicted octanol–water partition coefficient (Wildman–Crippen LogP) is 4.11. The van der Waals surface area contributed by atoms with Gasteiger partial charge in [-0.3, -0.25) is 0 Å². The first-order valence-electron chi connectivity index (χ1n) is 8.04. The Morgan fingerprint density at radius 1 is 1.29 bits per heavy atom. The Morgan fingerprint density at radius 2 is 2.04 bits per heavy atom. The van der Waals surface area contributed by atoms with Crippen LogP contribution in [0.5, 0.6) is 5.75 Å². The van der Waals surface area contributed by atoms with Gasteiger partial charge in [-0.05, 0) is 38.0 Å². The van der Waals surface area contributed by atoms with Crippen LogP contribution in [0.25, 0.3) is 11.4 Å². The van der Waals surface area contributed by atoms with Crippen LogP contribution in [0.1, 0.15) is 50.8 Å². The summed E-state index contributed by atoms with van der Waals surface area (Å²) in [7, 11) is 1.58. The summed E-state index contributed by atoms with van der Waals surface area (Å²) in [5.41, 5.74) is 0.531. The minimum Gasteiger partial charge on any atom is -0.492 e. The maximum Gasteiger partial charge on any atom is 0.265 e. The van der Waals surface area contributed by atoms with Crippen LogP contribution in [0, 0.1) is 0 Å². The molecule has 0 radical (unpaired) electrons. The van der Waals surface area contributed by atoms with E-state index >= 15 is 0 Å². The average molecular weight is 371 g/mol. The predicted molar refractivity (Wildman–Crippen MR) is 89.8 cm³/mol. The van der Waals surface area contributed by atoms with Crippen LogP contribution < -0.4 is 4.74 Å². The molecule has 1 saturated carbocycles. The second-order valence-corrected chi connectivity index (χ2v) is 8.36. The smallest absolute Gasteiger partial charge is 0.265 e. The zero-order chi connectivity index (χ0) is 17.2. The highest BCUT2D eigenvalue weighted by Crippen LogP contribution is 2.34. The maximum atomic E-state index is 11.8. The summed E-state index contributed by atoms with van der Waals surface area (Å²) in [4.78, 5) is 4.36. The fourth-order valence-electron chi connectivity index (χ4n) is 2.98. The highest BCUT2D eigenvalue weighted by atomic mass is 35.7. The van der Waals surface area contributed by atoms with Crippen LogP contribution in [-0.2, 0) is 9.05 Å². The van der Waals surface area contributed by atoms with E-state index in [1.165, 1.54) is 25.3 Å². The summed E-state index contributed by atoms with van der Waals surface area (Å²) >= 11 is 0. The minimum atomic E-state index is -3.94. The van der Waals surface area contributed by atoms with Crippen molar-refractivity contribution in [1.82, 2.24) is 10.1 Å². The first kappa shape index (κ1) is 17.2. The molecule has 6 nitrogen and oxygen atoms in total. The molecule has 1 aromatic carbocycles. The first-order chi connectivity index (χ1) is 11.5. The third-order valence-electron chi connectivity index (χ3n) is 4.16. The lowest BCUT2D eigenvalue weighted by Crippen LogP contribution is -2.04. The number of nitrogens with zero attached hydrogens (tertiary/aromatic N) is 2. The lowest BCUT2D eigenvalue weighted by Gasteiger charge is -2.17. The number of ether oxygens (including phenoxy) is 1. The topological polar surface area (TPSA) is 82.3 Å². The van der Waals surface area contributed by atoms with Crippen LogP contribution in [0.15, 0.2) is 27.6 Å². The lowest BCUT2D eigenvalue weighted by atomic mass is 9.89. The van der Waals surface area contributed by atoms with Gasteiger partial charge in [0.1, 0.15) is 10.6 Å². The number of aromatic nitrogens is 2. The van der Waals surface area contributed by atoms with Crippen molar-refractivity contribution in [2.24, 2.45) is 0 Å². The molecule has 0 N–H and O–H groups in total. The normalized spacial score (nSPS) is 16.2. The molecular formula is C16H19ClN2O4S. The molecule has 1 heterocycles. The van der Waals surface area contributed by atoms with Crippen molar-refractivity contribution in [3.05, 3.63) is 24.1 Å². The molecule has 1 aromatic heterocycles. The molecule has 2 aromatic rings. The SMILES string of the molecule is CCOc1ccc(-c2noc(C3CCCCC3)n2)cc1S(=O)(=O)Cl. The van der Waals surface area contributed by atoms with E-state index < -0.39 is 9.05 Å². The molecule has 1 fully saturated rings. The van der Waals surface area contributed by atoms with Crippen molar-refractivity contribution >= 4 is 19.7 Å². The molecule has 0 bridgehead atoms. The number of halogens is 1. The third kappa shape index (κ3) is 3.72. The molecule has 130 valence electrons. The van der Waals surface area contributed by atoms with Crippen molar-refractivity contribution in [2.75, 3.05) is 6.61 Å². The van der Waals surface area contributed by atoms with Crippen molar-refractivity contribution in [3.63, 3.8) is 0 Å². The second-order valence-electron chi connectivity index (χ2n) is 5.82. The standard InChI is InChI=1S/C16H19ClN2O4S/c1-2-22-13-9-8-12(10-14(13)24(17,20)21)15-18-16(23-19-15)11-6-4-3-5-7-11/h8-11H,2-7H2,1H3. The molecule has 24 heavy (non-hydrogen) atoms. The Balaban J connectivity index is 1.93. The summed E-state index contributed by atoms with van der Waals surface area (Å²) in [6.07, 6.45) is 5.67. The van der Waals surface area contributed by atoms with E-state index in [0.717, 1.165) is 12.8 Å². The Labute approximate surface area is 145 Å². The zero-order valence-electron chi connectivity index (χ0n) is 13.4. The van der Waals surface area contributed by atoms with Gasteiger partial charge in [0, 0.05) is 22.2 Å². The van der Waals surface area contributed by atoms with E-state index in [4.69, 9.17) is 19.9 Å². The van der Waals surface area contributed by atoms with E-state index in [9.17, 15) is 8.42 Å². The van der Waals surface area contributed by atoms with Crippen molar-refractivity contribution in [3.8, 4) is 17.1 Å². The van der Waals surface area contributed by atoms with Gasteiger partial charge in [0.25, 0.3) is 9.05 Å². The fraction of sp³-hybridized carbons (Fsp3) is 0.500. The molecule has 0 saturated heterocycles. The van der Waals surface area contributed by atoms with Crippen LogP contribution in [-0.4, -0.2) is 25.2 Å². The molecule has 3 rings (SSSR count). The Kier molecular flexibility index (Phi) is 5.10. The molecular weight excluding hydrogens is 352 g/mol. The number of rotatable bonds is 5. The molecule has 1 aliphatic rings. The molecule has 0 atom stereocenters. The number of hydrogen-bond donors (Lipinski definition) is 0. The van der Waals surface area contributed by atoms with E-state index in [1.54, 1.807) is 19.1 Å². The van der Waals surface area contributed by atoms with Crippen molar-refractivity contribution in [2.45, 2.75) is 49.8 Å². The molecule has 0 spiro atoms. The van der Waals surface area contributed by atoms with Gasteiger partial charge in [0.05, 0.1) is 6.61 Å². The van der Waals surface area contributed by atoms with Gasteiger partial charge in [-0.1, -0.05) is 24.4 Å². The van der Waals surface area contributed by atoms with Gasteiger partial charge in [-0.15, -0.1) is 0 Å². The summed E-state index contributed by atoms with van der Waals surface area (Å²) in [5, 5.41) is 4.00. The zero-order valence-corrected chi connectivity index (χ0v) is 14.9. The van der Waals surface area contributed by atoms with Gasteiger partial charge >= 0.3 is 0 Å². The quantitative estimate of drug-likeness (QED) is 0.736. The fourth-order valence-corrected chi connectivity index (χ4v) is 3.98. The maximum absolute atomic E-state index is 11.8. The summed E-state index contributed by atoms with van der Waals surface area (Å²) in [6, 6.07) is 4.68. The molecule has 0 amide bonds. The van der Waals surface area contributed by atoms with E-state index in [2.05, 4.69) is 10.1 Å². The Bertz CT molecular complexity index is 813. The van der Waals surface area contributed by atoms with Crippen molar-refractivity contribution in [1.29, 1.82) is 0 Å². The molecule has 0 aliphatic heterocycles. The second kappa shape index (κ2) is 7.11. The van der Waals surface area contributed by atoms with Gasteiger partial charge in [0.2, 0.25) is 11.7 Å². The monoisotopic (exact) mass is 370 g/mol. The van der Waals surface area contributed by atoms with Crippen molar-refractivity contribution < 1.29 is 17.7 Å². The Hall–Kier alpha value is -1.60. The molecule has 0 unspecified atom stereocenters. The summed E-state index contributed by atoms with van der Waals surface area (Å²) in [6.45, 7) is 2.11. The summed E-state index contributed by atoms with van der Waals surface area (Å²) in [5.74, 6) is 1.49. The van der Waals surface area contributed by atoms with Gasteiger partial charge in [-0.2, -0.15) is 4.98 Å². The molecule has 1 aliphatic carbocycles. The third-order valence-corrected chi connectivity index (χ3v) is 5.50. The van der Waals surface area contributed by atoms with Gasteiger partial charge in [-0.25, -0.2) is 8.42 Å². The Morgan fingerprint density at radius 3 is 2.71 bits per heavy atom. The van der Waals surface area contributed by atoms with Crippen LogP contribution in [0.2, 0.25) is 0 Å². The van der Waals surface area contributed by atoms with E-state index in [1.807, 2.05) is 0 Å². The van der Waals surface area contributed by atoms with Crippen LogP contribution >= 0.6 is 10.7 Å². The largest absolute Gasteiger partial charge is 0.492 e. The van der Waals surface area contributed by atoms with Gasteiger partial charge in [0.15, 0.2) is 0 Å². The lowest BCUT2D eigenvalue weighted by molar-refractivity contribution is 0.314. The van der Waals surface area contributed by atoms with Crippen LogP contribution in [0.4, 0.5) is 0 Å². The average Bonchev–Trinajstić information content (AvgIpc) is 3.05. The highest BCUT2D eigenvalue weighted by molar-refractivity contribution is 8.13. The number of benzene rings is 1. The first-order valence-corrected chi connectivity index (χ1v) is 10.4. The van der Waals surface area contributed by atoms with E-state index in [-0.39, 0.29) is 10.6 Å². The number of hydrogen-bond acceptors (Lipinski definition) is 6.